The number of Topliss-reactive ketones (excluding diaryl/α,β-unsaturated/α-hetero) is 1. The van der Waals surface area contributed by atoms with Crippen LogP contribution in [-0.2, 0) is 28.7 Å². The molecule has 64 valence electrons. The van der Waals surface area contributed by atoms with Crippen molar-refractivity contribution in [3.63, 3.8) is 0 Å². The van der Waals surface area contributed by atoms with Crippen molar-refractivity contribution in [2.45, 2.75) is 0 Å². The van der Waals surface area contributed by atoms with E-state index in [2.05, 4.69) is 3.63 Å². The fourth-order valence-electron chi connectivity index (χ4n) is 0.642. The van der Waals surface area contributed by atoms with Gasteiger partial charge in [0, 0.05) is 0 Å². The second kappa shape index (κ2) is 2.26. The molecule has 0 unspecified atom stereocenters. The van der Waals surface area contributed by atoms with E-state index in [1.54, 1.807) is 0 Å². The van der Waals surface area contributed by atoms with Crippen molar-refractivity contribution >= 4 is 26.0 Å². The molecule has 1 saturated heterocycles. The number of carbonyl (C=O) groups is 1. The zero-order chi connectivity index (χ0) is 8.70. The van der Waals surface area contributed by atoms with Gasteiger partial charge in [0.15, 0.2) is 5.78 Å². The summed E-state index contributed by atoms with van der Waals surface area (Å²) in [4.78, 5) is 10.5. The molecule has 0 spiro atoms. The third-order valence-corrected chi connectivity index (χ3v) is 3.89. The van der Waals surface area contributed by atoms with Gasteiger partial charge in [-0.2, -0.15) is 16.8 Å². The molecular weight excluding hydrogens is 196 g/mol. The van der Waals surface area contributed by atoms with Gasteiger partial charge in [-0.25, -0.2) is 0 Å². The van der Waals surface area contributed by atoms with Crippen LogP contribution < -0.4 is 0 Å². The van der Waals surface area contributed by atoms with Gasteiger partial charge >= 0.3 is 0 Å². The Morgan fingerprint density at radius 1 is 1.00 bits per heavy atom. The first kappa shape index (κ1) is 8.62. The standard InChI is InChI=1S/C3H4O6S2/c4-3-1-10(5,6)9-11(7,8)2-3/h1-2H2. The van der Waals surface area contributed by atoms with Crippen LogP contribution in [0.2, 0.25) is 0 Å². The van der Waals surface area contributed by atoms with Gasteiger partial charge in [0.1, 0.15) is 11.5 Å². The second-order valence-corrected chi connectivity index (χ2v) is 5.36. The Kier molecular flexibility index (Phi) is 1.77. The summed E-state index contributed by atoms with van der Waals surface area (Å²) in [5.74, 6) is -2.57. The molecule has 6 nitrogen and oxygen atoms in total. The van der Waals surface area contributed by atoms with E-state index >= 15 is 0 Å². The number of hydrogen-bond donors (Lipinski definition) is 0. The Balaban J connectivity index is 3.12. The first-order valence-corrected chi connectivity index (χ1v) is 5.64. The summed E-state index contributed by atoms with van der Waals surface area (Å²) in [5, 5.41) is 0. The van der Waals surface area contributed by atoms with Crippen LogP contribution in [0.4, 0.5) is 0 Å². The topological polar surface area (TPSA) is 94.6 Å². The largest absolute Gasteiger partial charge is 0.297 e. The van der Waals surface area contributed by atoms with Crippen molar-refractivity contribution in [1.82, 2.24) is 0 Å². The van der Waals surface area contributed by atoms with Crippen molar-refractivity contribution < 1.29 is 25.3 Å². The van der Waals surface area contributed by atoms with Crippen molar-refractivity contribution in [3.8, 4) is 0 Å². The van der Waals surface area contributed by atoms with Crippen molar-refractivity contribution in [2.75, 3.05) is 11.5 Å². The highest BCUT2D eigenvalue weighted by Gasteiger charge is 2.34. The molecule has 1 aliphatic heterocycles. The average Bonchev–Trinajstić information content (AvgIpc) is 1.49. The molecule has 0 aliphatic carbocycles. The lowest BCUT2D eigenvalue weighted by molar-refractivity contribution is -0.114. The third-order valence-electron chi connectivity index (χ3n) is 0.883. The summed E-state index contributed by atoms with van der Waals surface area (Å²) in [5.41, 5.74) is 0. The van der Waals surface area contributed by atoms with E-state index in [4.69, 9.17) is 0 Å². The van der Waals surface area contributed by atoms with Gasteiger partial charge in [-0.1, -0.05) is 0 Å². The third kappa shape index (κ3) is 2.24. The molecular formula is C3H4O6S2. The summed E-state index contributed by atoms with van der Waals surface area (Å²) >= 11 is 0. The van der Waals surface area contributed by atoms with E-state index in [0.29, 0.717) is 0 Å². The van der Waals surface area contributed by atoms with Gasteiger partial charge in [-0.3, -0.25) is 4.79 Å². The van der Waals surface area contributed by atoms with Crippen molar-refractivity contribution in [1.29, 1.82) is 0 Å². The Labute approximate surface area is 63.4 Å². The normalized spacial score (nSPS) is 28.2. The molecule has 0 amide bonds. The summed E-state index contributed by atoms with van der Waals surface area (Å²) in [6.07, 6.45) is 0. The summed E-state index contributed by atoms with van der Waals surface area (Å²) < 4.78 is 45.5. The second-order valence-electron chi connectivity index (χ2n) is 2.01. The molecule has 0 radical (unpaired) electrons. The van der Waals surface area contributed by atoms with Gasteiger partial charge in [0.25, 0.3) is 20.2 Å². The molecule has 1 fully saturated rings. The smallest absolute Gasteiger partial charge is 0.289 e. The molecule has 1 rings (SSSR count). The predicted molar refractivity (Wildman–Crippen MR) is 33.7 cm³/mol. The molecule has 8 heteroatoms. The molecule has 0 aromatic rings. The van der Waals surface area contributed by atoms with Crippen LogP contribution in [0.5, 0.6) is 0 Å². The highest BCUT2D eigenvalue weighted by atomic mass is 32.3. The average molecular weight is 200 g/mol. The fourth-order valence-corrected chi connectivity index (χ4v) is 3.41. The van der Waals surface area contributed by atoms with E-state index in [9.17, 15) is 21.6 Å². The molecule has 0 atom stereocenters. The van der Waals surface area contributed by atoms with Gasteiger partial charge in [-0.05, 0) is 0 Å². The highest BCUT2D eigenvalue weighted by molar-refractivity contribution is 8.01. The first-order chi connectivity index (χ1) is 4.81. The summed E-state index contributed by atoms with van der Waals surface area (Å²) in [6, 6.07) is 0. The Hall–Kier alpha value is -0.470. The fraction of sp³-hybridized carbons (Fsp3) is 0.667. The molecule has 11 heavy (non-hydrogen) atoms. The molecule has 1 aliphatic rings. The van der Waals surface area contributed by atoms with Crippen LogP contribution in [0.25, 0.3) is 0 Å². The maximum Gasteiger partial charge on any atom is 0.289 e. The maximum atomic E-state index is 10.5. The van der Waals surface area contributed by atoms with E-state index in [1.165, 1.54) is 0 Å². The first-order valence-electron chi connectivity index (χ1n) is 2.49. The van der Waals surface area contributed by atoms with Gasteiger partial charge in [-0.15, -0.1) is 3.63 Å². The van der Waals surface area contributed by atoms with Crippen molar-refractivity contribution in [3.05, 3.63) is 0 Å². The van der Waals surface area contributed by atoms with Gasteiger partial charge < -0.3 is 0 Å². The molecule has 1 heterocycles. The lowest BCUT2D eigenvalue weighted by atomic mass is 10.5. The zero-order valence-corrected chi connectivity index (χ0v) is 6.81. The maximum absolute atomic E-state index is 10.5. The quantitative estimate of drug-likeness (QED) is 0.460. The van der Waals surface area contributed by atoms with Crippen molar-refractivity contribution in [2.24, 2.45) is 0 Å². The van der Waals surface area contributed by atoms with E-state index in [0.717, 1.165) is 0 Å². The predicted octanol–water partition coefficient (Wildman–Crippen LogP) is -1.75. The lowest BCUT2D eigenvalue weighted by Gasteiger charge is -2.09. The minimum absolute atomic E-state index is 0.855. The van der Waals surface area contributed by atoms with Crippen LogP contribution >= 0.6 is 0 Å². The minimum atomic E-state index is -4.18. The molecule has 0 bridgehead atoms. The van der Waals surface area contributed by atoms with Crippen LogP contribution in [0.15, 0.2) is 0 Å². The van der Waals surface area contributed by atoms with E-state index in [1.807, 2.05) is 0 Å². The number of carbonyl (C=O) groups excluding carboxylic acids is 1. The minimum Gasteiger partial charge on any atom is -0.297 e. The summed E-state index contributed by atoms with van der Waals surface area (Å²) in [6.45, 7) is 0. The summed E-state index contributed by atoms with van der Waals surface area (Å²) in [7, 11) is -8.35. The molecule has 0 N–H and O–H groups in total. The Morgan fingerprint density at radius 3 is 1.64 bits per heavy atom. The molecule has 0 saturated carbocycles. The highest BCUT2D eigenvalue weighted by Crippen LogP contribution is 2.09. The molecule has 0 aromatic carbocycles. The van der Waals surface area contributed by atoms with Crippen LogP contribution in [0.3, 0.4) is 0 Å². The Bertz CT molecular complexity index is 336. The number of hydrogen-bond acceptors (Lipinski definition) is 6. The van der Waals surface area contributed by atoms with Gasteiger partial charge in [0.2, 0.25) is 0 Å². The monoisotopic (exact) mass is 200 g/mol. The lowest BCUT2D eigenvalue weighted by Crippen LogP contribution is -2.34. The Morgan fingerprint density at radius 2 is 1.36 bits per heavy atom. The zero-order valence-electron chi connectivity index (χ0n) is 5.18. The van der Waals surface area contributed by atoms with Crippen LogP contribution in [-0.4, -0.2) is 34.1 Å². The SMILES string of the molecule is O=C1CS(=O)(=O)OS(=O)(=O)C1. The van der Waals surface area contributed by atoms with Crippen LogP contribution in [0.1, 0.15) is 0 Å². The van der Waals surface area contributed by atoms with E-state index < -0.39 is 37.5 Å². The number of ketones is 1. The number of rotatable bonds is 0. The van der Waals surface area contributed by atoms with E-state index in [-0.39, 0.29) is 0 Å². The molecule has 0 aromatic heterocycles. The van der Waals surface area contributed by atoms with Crippen LogP contribution in [0, 0.1) is 0 Å². The van der Waals surface area contributed by atoms with Gasteiger partial charge in [0.05, 0.1) is 0 Å².